The number of nitrogens with one attached hydrogen (secondary N) is 3. The molecule has 29 heavy (non-hydrogen) atoms. The average Bonchev–Trinajstić information content (AvgIpc) is 3.08. The number of nitrogens with zero attached hydrogens (tertiary/aromatic N) is 2. The number of rotatable bonds is 5. The summed E-state index contributed by atoms with van der Waals surface area (Å²) >= 11 is 9.29. The number of carbonyl (C=O) groups excluding carboxylic acids is 3. The van der Waals surface area contributed by atoms with E-state index in [1.807, 2.05) is 0 Å². The SMILES string of the molecule is CC(NC(=O)c1n[nH]c(NC(=O)c2ccccc2Cl)c1Br)C(=O)N1CCOCC1. The Kier molecular flexibility index (Phi) is 6.88. The predicted molar refractivity (Wildman–Crippen MR) is 110 cm³/mol. The third-order valence-corrected chi connectivity index (χ3v) is 5.42. The topological polar surface area (TPSA) is 116 Å². The minimum atomic E-state index is -0.731. The maximum atomic E-state index is 12.5. The van der Waals surface area contributed by atoms with Crippen LogP contribution in [0.3, 0.4) is 0 Å². The van der Waals surface area contributed by atoms with Crippen molar-refractivity contribution in [3.63, 3.8) is 0 Å². The fourth-order valence-corrected chi connectivity index (χ4v) is 3.45. The number of aromatic amines is 1. The van der Waals surface area contributed by atoms with Gasteiger partial charge in [-0.1, -0.05) is 23.7 Å². The first-order valence-electron chi connectivity index (χ1n) is 8.85. The Labute approximate surface area is 180 Å². The zero-order chi connectivity index (χ0) is 21.0. The first-order valence-corrected chi connectivity index (χ1v) is 10.0. The molecule has 2 heterocycles. The molecule has 3 amide bonds. The van der Waals surface area contributed by atoms with Gasteiger partial charge in [0.15, 0.2) is 5.69 Å². The number of carbonyl (C=O) groups is 3. The number of halogens is 2. The summed E-state index contributed by atoms with van der Waals surface area (Å²) in [5.74, 6) is -1.00. The van der Waals surface area contributed by atoms with Crippen LogP contribution >= 0.6 is 27.5 Å². The summed E-state index contributed by atoms with van der Waals surface area (Å²) in [5, 5.41) is 12.1. The molecule has 1 aromatic heterocycles. The van der Waals surface area contributed by atoms with Gasteiger partial charge in [-0.2, -0.15) is 5.10 Å². The lowest BCUT2D eigenvalue weighted by atomic mass is 10.2. The minimum absolute atomic E-state index is 0.0149. The average molecular weight is 485 g/mol. The van der Waals surface area contributed by atoms with E-state index in [0.29, 0.717) is 31.3 Å². The highest BCUT2D eigenvalue weighted by molar-refractivity contribution is 9.10. The number of anilines is 1. The molecule has 1 fully saturated rings. The van der Waals surface area contributed by atoms with Gasteiger partial charge in [0.05, 0.1) is 28.3 Å². The number of benzene rings is 1. The van der Waals surface area contributed by atoms with Gasteiger partial charge >= 0.3 is 0 Å². The molecule has 1 aliphatic heterocycles. The highest BCUT2D eigenvalue weighted by Gasteiger charge is 2.26. The van der Waals surface area contributed by atoms with E-state index < -0.39 is 17.9 Å². The smallest absolute Gasteiger partial charge is 0.273 e. The van der Waals surface area contributed by atoms with E-state index >= 15 is 0 Å². The molecule has 2 aromatic rings. The first-order chi connectivity index (χ1) is 13.9. The van der Waals surface area contributed by atoms with Crippen LogP contribution in [-0.2, 0) is 9.53 Å². The van der Waals surface area contributed by atoms with Crippen LogP contribution in [0.1, 0.15) is 27.8 Å². The fraction of sp³-hybridized carbons (Fsp3) is 0.333. The van der Waals surface area contributed by atoms with Gasteiger partial charge in [-0.05, 0) is 35.0 Å². The summed E-state index contributed by atoms with van der Waals surface area (Å²) < 4.78 is 5.49. The molecule has 3 rings (SSSR count). The van der Waals surface area contributed by atoms with Crippen molar-refractivity contribution in [2.45, 2.75) is 13.0 Å². The number of morpholine rings is 1. The lowest BCUT2D eigenvalue weighted by Crippen LogP contribution is -2.50. The molecular formula is C18H19BrClN5O4. The zero-order valence-electron chi connectivity index (χ0n) is 15.5. The summed E-state index contributed by atoms with van der Waals surface area (Å²) in [7, 11) is 0. The maximum Gasteiger partial charge on any atom is 0.273 e. The number of ether oxygens (including phenoxy) is 1. The van der Waals surface area contributed by atoms with Crippen molar-refractivity contribution in [1.82, 2.24) is 20.4 Å². The summed E-state index contributed by atoms with van der Waals surface area (Å²) in [6, 6.07) is 5.85. The van der Waals surface area contributed by atoms with Gasteiger partial charge in [-0.3, -0.25) is 19.5 Å². The number of H-pyrrole nitrogens is 1. The standard InChI is InChI=1S/C18H19BrClN5O4/c1-10(18(28)25-6-8-29-9-7-25)21-17(27)14-13(19)15(24-23-14)22-16(26)11-4-2-3-5-12(11)20/h2-5,10H,6-9H2,1H3,(H,21,27)(H2,22,23,24,26). The summed E-state index contributed by atoms with van der Waals surface area (Å²) in [6.07, 6.45) is 0. The lowest BCUT2D eigenvalue weighted by Gasteiger charge is -2.29. The molecule has 0 bridgehead atoms. The van der Waals surface area contributed by atoms with Crippen molar-refractivity contribution in [2.24, 2.45) is 0 Å². The van der Waals surface area contributed by atoms with Gasteiger partial charge in [0.1, 0.15) is 11.9 Å². The van der Waals surface area contributed by atoms with Gasteiger partial charge in [0, 0.05) is 13.1 Å². The number of amides is 3. The summed E-state index contributed by atoms with van der Waals surface area (Å²) in [6.45, 7) is 3.54. The van der Waals surface area contributed by atoms with Crippen LogP contribution in [0.5, 0.6) is 0 Å². The molecule has 1 atom stereocenters. The maximum absolute atomic E-state index is 12.5. The van der Waals surface area contributed by atoms with E-state index in [4.69, 9.17) is 16.3 Å². The molecule has 1 aliphatic rings. The second kappa shape index (κ2) is 9.38. The van der Waals surface area contributed by atoms with Crippen LogP contribution in [0.2, 0.25) is 5.02 Å². The Morgan fingerprint density at radius 1 is 1.24 bits per heavy atom. The van der Waals surface area contributed by atoms with Crippen LogP contribution in [0.25, 0.3) is 0 Å². The summed E-state index contributed by atoms with van der Waals surface area (Å²) in [4.78, 5) is 39.0. The predicted octanol–water partition coefficient (Wildman–Crippen LogP) is 2.05. The molecule has 154 valence electrons. The second-order valence-electron chi connectivity index (χ2n) is 6.33. The Morgan fingerprint density at radius 2 is 1.93 bits per heavy atom. The van der Waals surface area contributed by atoms with E-state index in [2.05, 4.69) is 36.8 Å². The van der Waals surface area contributed by atoms with Crippen LogP contribution in [-0.4, -0.2) is 65.2 Å². The van der Waals surface area contributed by atoms with Gasteiger partial charge < -0.3 is 20.3 Å². The third-order valence-electron chi connectivity index (χ3n) is 4.32. The van der Waals surface area contributed by atoms with Crippen molar-refractivity contribution in [3.05, 3.63) is 45.0 Å². The van der Waals surface area contributed by atoms with Gasteiger partial charge in [0.2, 0.25) is 5.91 Å². The monoisotopic (exact) mass is 483 g/mol. The quantitative estimate of drug-likeness (QED) is 0.601. The number of hydrogen-bond acceptors (Lipinski definition) is 5. The summed E-state index contributed by atoms with van der Waals surface area (Å²) in [5.41, 5.74) is 0.299. The van der Waals surface area contributed by atoms with E-state index in [9.17, 15) is 14.4 Å². The number of aromatic nitrogens is 2. The molecule has 0 radical (unpaired) electrons. The van der Waals surface area contributed by atoms with Crippen molar-refractivity contribution < 1.29 is 19.1 Å². The number of hydrogen-bond donors (Lipinski definition) is 3. The fourth-order valence-electron chi connectivity index (χ4n) is 2.77. The molecule has 1 saturated heterocycles. The molecule has 9 nitrogen and oxygen atoms in total. The van der Waals surface area contributed by atoms with Gasteiger partial charge in [-0.25, -0.2) is 0 Å². The van der Waals surface area contributed by atoms with Crippen molar-refractivity contribution in [2.75, 3.05) is 31.6 Å². The Balaban J connectivity index is 1.65. The molecular weight excluding hydrogens is 466 g/mol. The largest absolute Gasteiger partial charge is 0.378 e. The molecule has 1 unspecified atom stereocenters. The normalized spacial score (nSPS) is 14.9. The lowest BCUT2D eigenvalue weighted by molar-refractivity contribution is -0.136. The van der Waals surface area contributed by atoms with E-state index in [1.54, 1.807) is 36.1 Å². The van der Waals surface area contributed by atoms with Crippen molar-refractivity contribution in [3.8, 4) is 0 Å². The molecule has 0 aliphatic carbocycles. The van der Waals surface area contributed by atoms with Crippen molar-refractivity contribution >= 4 is 51.1 Å². The van der Waals surface area contributed by atoms with Gasteiger partial charge in [-0.15, -0.1) is 0 Å². The van der Waals surface area contributed by atoms with E-state index in [-0.39, 0.29) is 27.5 Å². The molecule has 3 N–H and O–H groups in total. The van der Waals surface area contributed by atoms with E-state index in [0.717, 1.165) is 0 Å². The highest BCUT2D eigenvalue weighted by atomic mass is 79.9. The molecule has 1 aromatic carbocycles. The van der Waals surface area contributed by atoms with Crippen LogP contribution < -0.4 is 10.6 Å². The molecule has 0 saturated carbocycles. The first kappa shape index (κ1) is 21.3. The second-order valence-corrected chi connectivity index (χ2v) is 7.53. The van der Waals surface area contributed by atoms with Gasteiger partial charge in [0.25, 0.3) is 11.8 Å². The minimum Gasteiger partial charge on any atom is -0.378 e. The molecule has 11 heteroatoms. The molecule has 0 spiro atoms. The van der Waals surface area contributed by atoms with Crippen LogP contribution in [0.4, 0.5) is 5.82 Å². The Bertz CT molecular complexity index is 929. The third kappa shape index (κ3) is 4.95. The van der Waals surface area contributed by atoms with E-state index in [1.165, 1.54) is 0 Å². The highest BCUT2D eigenvalue weighted by Crippen LogP contribution is 2.25. The van der Waals surface area contributed by atoms with Crippen LogP contribution in [0.15, 0.2) is 28.7 Å². The Morgan fingerprint density at radius 3 is 2.62 bits per heavy atom. The van der Waals surface area contributed by atoms with Crippen molar-refractivity contribution in [1.29, 1.82) is 0 Å². The zero-order valence-corrected chi connectivity index (χ0v) is 17.8. The van der Waals surface area contributed by atoms with Crippen LogP contribution in [0, 0.1) is 0 Å². The Hall–Kier alpha value is -2.43.